The molecule has 1 fully saturated rings. The maximum absolute atomic E-state index is 12.3. The minimum absolute atomic E-state index is 0.109. The number of nitrogens with one attached hydrogen (secondary N) is 1. The minimum Gasteiger partial charge on any atom is -0.387 e. The second-order valence-electron chi connectivity index (χ2n) is 6.91. The van der Waals surface area contributed by atoms with Gasteiger partial charge in [-0.3, -0.25) is 9.69 Å². The Bertz CT molecular complexity index is 565. The molecule has 0 aromatic heterocycles. The van der Waals surface area contributed by atoms with E-state index >= 15 is 0 Å². The molecular formula is C18H26N2O3. The van der Waals surface area contributed by atoms with Gasteiger partial charge in [0.1, 0.15) is 0 Å². The third-order valence-corrected chi connectivity index (χ3v) is 4.66. The molecular weight excluding hydrogens is 292 g/mol. The van der Waals surface area contributed by atoms with Gasteiger partial charge in [-0.1, -0.05) is 6.07 Å². The van der Waals surface area contributed by atoms with Crippen molar-refractivity contribution >= 4 is 5.91 Å². The largest absolute Gasteiger partial charge is 0.387 e. The lowest BCUT2D eigenvalue weighted by Crippen LogP contribution is -2.51. The van der Waals surface area contributed by atoms with Crippen molar-refractivity contribution in [3.63, 3.8) is 0 Å². The Balaban J connectivity index is 1.53. The number of ether oxygens (including phenoxy) is 1. The predicted octanol–water partition coefficient (Wildman–Crippen LogP) is 0.988. The molecule has 0 saturated carbocycles. The topological polar surface area (TPSA) is 61.8 Å². The molecule has 0 radical (unpaired) electrons. The van der Waals surface area contributed by atoms with Crippen molar-refractivity contribution in [1.29, 1.82) is 0 Å². The molecule has 1 aromatic rings. The third kappa shape index (κ3) is 4.31. The number of aryl methyl sites for hydroxylation is 2. The van der Waals surface area contributed by atoms with Gasteiger partial charge in [0.25, 0.3) is 5.91 Å². The summed E-state index contributed by atoms with van der Waals surface area (Å²) in [6.07, 6.45) is 3.35. The zero-order valence-electron chi connectivity index (χ0n) is 13.8. The summed E-state index contributed by atoms with van der Waals surface area (Å²) >= 11 is 0. The van der Waals surface area contributed by atoms with Crippen LogP contribution in [0.5, 0.6) is 0 Å². The Labute approximate surface area is 137 Å². The molecule has 3 rings (SSSR count). The fraction of sp³-hybridized carbons (Fsp3) is 0.611. The van der Waals surface area contributed by atoms with Crippen LogP contribution in [0.3, 0.4) is 0 Å². The van der Waals surface area contributed by atoms with Crippen LogP contribution in [0.2, 0.25) is 0 Å². The third-order valence-electron chi connectivity index (χ3n) is 4.66. The fourth-order valence-corrected chi connectivity index (χ4v) is 3.38. The summed E-state index contributed by atoms with van der Waals surface area (Å²) in [5.41, 5.74) is 2.40. The number of aliphatic hydroxyl groups is 1. The first kappa shape index (κ1) is 16.4. The second kappa shape index (κ2) is 6.99. The van der Waals surface area contributed by atoms with E-state index in [1.807, 2.05) is 12.1 Å². The summed E-state index contributed by atoms with van der Waals surface area (Å²) in [4.78, 5) is 14.5. The van der Waals surface area contributed by atoms with E-state index in [1.165, 1.54) is 17.5 Å². The summed E-state index contributed by atoms with van der Waals surface area (Å²) in [5, 5.41) is 13.4. The van der Waals surface area contributed by atoms with Crippen LogP contribution in [0.1, 0.15) is 34.8 Å². The summed E-state index contributed by atoms with van der Waals surface area (Å²) in [6.45, 7) is 5.63. The highest BCUT2D eigenvalue weighted by Crippen LogP contribution is 2.22. The summed E-state index contributed by atoms with van der Waals surface area (Å²) < 4.78 is 5.31. The molecule has 5 heteroatoms. The molecule has 0 bridgehead atoms. The Hall–Kier alpha value is -1.43. The van der Waals surface area contributed by atoms with Crippen molar-refractivity contribution < 1.29 is 14.6 Å². The molecule has 1 aromatic carbocycles. The number of hydrogen-bond donors (Lipinski definition) is 2. The van der Waals surface area contributed by atoms with Gasteiger partial charge in [0.05, 0.1) is 18.8 Å². The van der Waals surface area contributed by atoms with E-state index in [4.69, 9.17) is 4.74 Å². The predicted molar refractivity (Wildman–Crippen MR) is 88.7 cm³/mol. The molecule has 1 amide bonds. The van der Waals surface area contributed by atoms with E-state index in [2.05, 4.69) is 16.3 Å². The van der Waals surface area contributed by atoms with Gasteiger partial charge < -0.3 is 15.2 Å². The van der Waals surface area contributed by atoms with Crippen LogP contribution >= 0.6 is 0 Å². The van der Waals surface area contributed by atoms with E-state index in [0.29, 0.717) is 25.3 Å². The Kier molecular flexibility index (Phi) is 4.99. The van der Waals surface area contributed by atoms with Crippen LogP contribution in [-0.4, -0.2) is 60.9 Å². The number of amides is 1. The standard InChI is InChI=1S/C18H26N2O3/c1-18(22,13-20-7-9-23-10-8-20)12-19-17(21)16-6-5-14-3-2-4-15(14)11-16/h5-6,11,22H,2-4,7-10,12-13H2,1H3,(H,19,21). The van der Waals surface area contributed by atoms with Gasteiger partial charge in [-0.2, -0.15) is 0 Å². The van der Waals surface area contributed by atoms with Crippen LogP contribution in [-0.2, 0) is 17.6 Å². The van der Waals surface area contributed by atoms with E-state index in [-0.39, 0.29) is 12.5 Å². The molecule has 1 aliphatic heterocycles. The number of benzene rings is 1. The van der Waals surface area contributed by atoms with Gasteiger partial charge in [0, 0.05) is 31.7 Å². The zero-order chi connectivity index (χ0) is 16.3. The quantitative estimate of drug-likeness (QED) is 0.850. The molecule has 2 aliphatic rings. The number of nitrogens with zero attached hydrogens (tertiary/aromatic N) is 1. The SMILES string of the molecule is CC(O)(CNC(=O)c1ccc2c(c1)CCC2)CN1CCOCC1. The number of carbonyl (C=O) groups excluding carboxylic acids is 1. The Morgan fingerprint density at radius 3 is 2.83 bits per heavy atom. The average Bonchev–Trinajstić information content (AvgIpc) is 3.01. The highest BCUT2D eigenvalue weighted by molar-refractivity contribution is 5.94. The number of morpholine rings is 1. The molecule has 1 atom stereocenters. The monoisotopic (exact) mass is 318 g/mol. The van der Waals surface area contributed by atoms with E-state index in [1.54, 1.807) is 6.92 Å². The van der Waals surface area contributed by atoms with Crippen LogP contribution in [0.15, 0.2) is 18.2 Å². The number of β-amino-alcohol motifs (C(OH)–C–C–N with tert-alkyl or cyclic N) is 1. The first-order chi connectivity index (χ1) is 11.0. The lowest BCUT2D eigenvalue weighted by molar-refractivity contribution is -0.0213. The maximum Gasteiger partial charge on any atom is 0.251 e. The van der Waals surface area contributed by atoms with Gasteiger partial charge in [0.15, 0.2) is 0 Å². The maximum atomic E-state index is 12.3. The van der Waals surface area contributed by atoms with Gasteiger partial charge in [-0.05, 0) is 49.4 Å². The Morgan fingerprint density at radius 1 is 1.30 bits per heavy atom. The van der Waals surface area contributed by atoms with Gasteiger partial charge in [0.2, 0.25) is 0 Å². The molecule has 0 spiro atoms. The number of fused-ring (bicyclic) bond motifs is 1. The first-order valence-electron chi connectivity index (χ1n) is 8.46. The molecule has 23 heavy (non-hydrogen) atoms. The zero-order valence-corrected chi connectivity index (χ0v) is 13.8. The molecule has 1 unspecified atom stereocenters. The van der Waals surface area contributed by atoms with Crippen molar-refractivity contribution in [1.82, 2.24) is 10.2 Å². The number of rotatable bonds is 5. The highest BCUT2D eigenvalue weighted by atomic mass is 16.5. The summed E-state index contributed by atoms with van der Waals surface area (Å²) in [6, 6.07) is 5.94. The fourth-order valence-electron chi connectivity index (χ4n) is 3.38. The molecule has 5 nitrogen and oxygen atoms in total. The molecule has 126 valence electrons. The smallest absolute Gasteiger partial charge is 0.251 e. The van der Waals surface area contributed by atoms with Gasteiger partial charge in [-0.25, -0.2) is 0 Å². The van der Waals surface area contributed by atoms with Crippen LogP contribution < -0.4 is 5.32 Å². The lowest BCUT2D eigenvalue weighted by Gasteiger charge is -2.33. The van der Waals surface area contributed by atoms with E-state index in [9.17, 15) is 9.90 Å². The second-order valence-corrected chi connectivity index (χ2v) is 6.91. The van der Waals surface area contributed by atoms with Crippen LogP contribution in [0.4, 0.5) is 0 Å². The van der Waals surface area contributed by atoms with Crippen LogP contribution in [0.25, 0.3) is 0 Å². The summed E-state index contributed by atoms with van der Waals surface area (Å²) in [7, 11) is 0. The normalized spacial score (nSPS) is 20.8. The van der Waals surface area contributed by atoms with Gasteiger partial charge >= 0.3 is 0 Å². The first-order valence-corrected chi connectivity index (χ1v) is 8.46. The number of hydrogen-bond acceptors (Lipinski definition) is 4. The summed E-state index contributed by atoms with van der Waals surface area (Å²) in [5.74, 6) is -0.109. The molecule has 1 saturated heterocycles. The highest BCUT2D eigenvalue weighted by Gasteiger charge is 2.26. The minimum atomic E-state index is -0.941. The van der Waals surface area contributed by atoms with Crippen LogP contribution in [0, 0.1) is 0 Å². The van der Waals surface area contributed by atoms with Crippen molar-refractivity contribution in [2.75, 3.05) is 39.4 Å². The number of carbonyl (C=O) groups is 1. The van der Waals surface area contributed by atoms with E-state index in [0.717, 1.165) is 25.9 Å². The Morgan fingerprint density at radius 2 is 2.04 bits per heavy atom. The molecule has 1 heterocycles. The van der Waals surface area contributed by atoms with Crippen molar-refractivity contribution in [3.05, 3.63) is 34.9 Å². The van der Waals surface area contributed by atoms with Gasteiger partial charge in [-0.15, -0.1) is 0 Å². The van der Waals surface area contributed by atoms with Crippen molar-refractivity contribution in [2.24, 2.45) is 0 Å². The van der Waals surface area contributed by atoms with Crippen molar-refractivity contribution in [2.45, 2.75) is 31.8 Å². The van der Waals surface area contributed by atoms with Crippen molar-refractivity contribution in [3.8, 4) is 0 Å². The molecule has 1 aliphatic carbocycles. The average molecular weight is 318 g/mol. The van der Waals surface area contributed by atoms with E-state index < -0.39 is 5.60 Å². The lowest BCUT2D eigenvalue weighted by atomic mass is 10.0. The molecule has 2 N–H and O–H groups in total.